The SMILES string of the molecule is CCOP(=O)(O)CC(=O)OC. The summed E-state index contributed by atoms with van der Waals surface area (Å²) in [6.07, 6.45) is -0.586. The van der Waals surface area contributed by atoms with Crippen LogP contribution in [0.25, 0.3) is 0 Å². The van der Waals surface area contributed by atoms with Crippen molar-refractivity contribution in [2.45, 2.75) is 6.92 Å². The van der Waals surface area contributed by atoms with Crippen LogP contribution in [0.15, 0.2) is 0 Å². The van der Waals surface area contributed by atoms with E-state index >= 15 is 0 Å². The van der Waals surface area contributed by atoms with E-state index in [1.54, 1.807) is 6.92 Å². The lowest BCUT2D eigenvalue weighted by Gasteiger charge is -2.07. The minimum absolute atomic E-state index is 0.102. The van der Waals surface area contributed by atoms with Gasteiger partial charge in [-0.2, -0.15) is 0 Å². The van der Waals surface area contributed by atoms with Crippen LogP contribution in [-0.2, 0) is 18.6 Å². The number of methoxy groups -OCH3 is 1. The fraction of sp³-hybridized carbons (Fsp3) is 0.800. The standard InChI is InChI=1S/C5H11O5P/c1-3-10-11(7,8)4-5(6)9-2/h3-4H2,1-2H3,(H,7,8). The van der Waals surface area contributed by atoms with Crippen LogP contribution in [-0.4, -0.2) is 30.7 Å². The van der Waals surface area contributed by atoms with Gasteiger partial charge < -0.3 is 14.2 Å². The molecule has 0 saturated carbocycles. The van der Waals surface area contributed by atoms with Crippen molar-refractivity contribution >= 4 is 13.6 Å². The van der Waals surface area contributed by atoms with Crippen molar-refractivity contribution in [1.82, 2.24) is 0 Å². The van der Waals surface area contributed by atoms with Gasteiger partial charge in [-0.3, -0.25) is 9.36 Å². The number of hydrogen-bond donors (Lipinski definition) is 1. The predicted octanol–water partition coefficient (Wildman–Crippen LogP) is 0.381. The molecule has 1 N–H and O–H groups in total. The molecular weight excluding hydrogens is 171 g/mol. The first-order valence-corrected chi connectivity index (χ1v) is 4.81. The molecule has 0 amide bonds. The van der Waals surface area contributed by atoms with Gasteiger partial charge in [0.15, 0.2) is 0 Å². The minimum Gasteiger partial charge on any atom is -0.469 e. The normalized spacial score (nSPS) is 15.5. The molecule has 0 bridgehead atoms. The first-order chi connectivity index (χ1) is 5.02. The van der Waals surface area contributed by atoms with Crippen molar-refractivity contribution in [3.63, 3.8) is 0 Å². The van der Waals surface area contributed by atoms with Gasteiger partial charge in [0.2, 0.25) is 0 Å². The third kappa shape index (κ3) is 4.95. The third-order valence-electron chi connectivity index (χ3n) is 0.887. The lowest BCUT2D eigenvalue weighted by atomic mass is 10.8. The van der Waals surface area contributed by atoms with Crippen LogP contribution in [0.4, 0.5) is 0 Å². The molecule has 0 aliphatic rings. The molecule has 11 heavy (non-hydrogen) atoms. The van der Waals surface area contributed by atoms with E-state index in [1.165, 1.54) is 0 Å². The molecule has 66 valence electrons. The summed E-state index contributed by atoms with van der Waals surface area (Å²) in [6, 6.07) is 0. The van der Waals surface area contributed by atoms with Gasteiger partial charge in [-0.05, 0) is 6.92 Å². The predicted molar refractivity (Wildman–Crippen MR) is 38.3 cm³/mol. The van der Waals surface area contributed by atoms with E-state index in [1.807, 2.05) is 0 Å². The van der Waals surface area contributed by atoms with E-state index in [0.29, 0.717) is 0 Å². The van der Waals surface area contributed by atoms with Gasteiger partial charge in [0.25, 0.3) is 0 Å². The molecule has 1 unspecified atom stereocenters. The summed E-state index contributed by atoms with van der Waals surface area (Å²) in [5, 5.41) is 0. The number of rotatable bonds is 4. The maximum atomic E-state index is 10.8. The summed E-state index contributed by atoms with van der Waals surface area (Å²) in [4.78, 5) is 19.3. The lowest BCUT2D eigenvalue weighted by molar-refractivity contribution is -0.137. The maximum absolute atomic E-state index is 10.8. The topological polar surface area (TPSA) is 72.8 Å². The van der Waals surface area contributed by atoms with Crippen molar-refractivity contribution in [3.8, 4) is 0 Å². The second-order valence-electron chi connectivity index (χ2n) is 1.79. The third-order valence-corrected chi connectivity index (χ3v) is 2.21. The molecule has 0 radical (unpaired) electrons. The van der Waals surface area contributed by atoms with Gasteiger partial charge in [0.1, 0.15) is 6.16 Å². The summed E-state index contributed by atoms with van der Waals surface area (Å²) < 4.78 is 19.4. The summed E-state index contributed by atoms with van der Waals surface area (Å²) >= 11 is 0. The van der Waals surface area contributed by atoms with Crippen LogP contribution in [0.2, 0.25) is 0 Å². The summed E-state index contributed by atoms with van der Waals surface area (Å²) in [7, 11) is -2.59. The quantitative estimate of drug-likeness (QED) is 0.502. The van der Waals surface area contributed by atoms with Crippen molar-refractivity contribution in [2.75, 3.05) is 19.9 Å². The molecule has 6 heteroatoms. The van der Waals surface area contributed by atoms with Crippen molar-refractivity contribution in [2.24, 2.45) is 0 Å². The van der Waals surface area contributed by atoms with Crippen LogP contribution in [0.1, 0.15) is 6.92 Å². The molecule has 0 fully saturated rings. The number of hydrogen-bond acceptors (Lipinski definition) is 4. The van der Waals surface area contributed by atoms with Gasteiger partial charge in [-0.1, -0.05) is 0 Å². The number of carbonyl (C=O) groups is 1. The van der Waals surface area contributed by atoms with Gasteiger partial charge in [-0.25, -0.2) is 0 Å². The zero-order chi connectivity index (χ0) is 8.91. The molecule has 0 aliphatic heterocycles. The maximum Gasteiger partial charge on any atom is 0.339 e. The van der Waals surface area contributed by atoms with E-state index in [4.69, 9.17) is 4.89 Å². The minimum atomic E-state index is -3.74. The summed E-state index contributed by atoms with van der Waals surface area (Å²) in [5.41, 5.74) is 0. The van der Waals surface area contributed by atoms with E-state index in [-0.39, 0.29) is 6.61 Å². The Bertz CT molecular complexity index is 178. The number of ether oxygens (including phenoxy) is 1. The van der Waals surface area contributed by atoms with Crippen molar-refractivity contribution in [3.05, 3.63) is 0 Å². The largest absolute Gasteiger partial charge is 0.469 e. The van der Waals surface area contributed by atoms with E-state index < -0.39 is 19.7 Å². The average Bonchev–Trinajstić information content (AvgIpc) is 1.86. The first-order valence-electron chi connectivity index (χ1n) is 3.05. The Kier molecular flexibility index (Phi) is 4.33. The average molecular weight is 182 g/mol. The fourth-order valence-corrected chi connectivity index (χ4v) is 1.43. The molecule has 0 aromatic heterocycles. The number of esters is 1. The summed E-state index contributed by atoms with van der Waals surface area (Å²) in [6.45, 7) is 1.67. The van der Waals surface area contributed by atoms with Crippen LogP contribution in [0, 0.1) is 0 Å². The first kappa shape index (κ1) is 10.6. The Morgan fingerprint density at radius 3 is 2.55 bits per heavy atom. The van der Waals surface area contributed by atoms with Crippen LogP contribution < -0.4 is 0 Å². The van der Waals surface area contributed by atoms with Crippen molar-refractivity contribution in [1.29, 1.82) is 0 Å². The monoisotopic (exact) mass is 182 g/mol. The van der Waals surface area contributed by atoms with E-state index in [0.717, 1.165) is 7.11 Å². The Morgan fingerprint density at radius 2 is 2.18 bits per heavy atom. The fourth-order valence-electron chi connectivity index (χ4n) is 0.475. The highest BCUT2D eigenvalue weighted by molar-refractivity contribution is 7.53. The van der Waals surface area contributed by atoms with Crippen molar-refractivity contribution < 1.29 is 23.5 Å². The van der Waals surface area contributed by atoms with Crippen LogP contribution in [0.5, 0.6) is 0 Å². The Hall–Kier alpha value is -0.380. The molecule has 0 saturated heterocycles. The molecule has 0 heterocycles. The Morgan fingerprint density at radius 1 is 1.64 bits per heavy atom. The number of carbonyl (C=O) groups excluding carboxylic acids is 1. The van der Waals surface area contributed by atoms with Gasteiger partial charge in [0, 0.05) is 0 Å². The van der Waals surface area contributed by atoms with E-state index in [9.17, 15) is 9.36 Å². The molecule has 5 nitrogen and oxygen atoms in total. The zero-order valence-corrected chi connectivity index (χ0v) is 7.34. The second-order valence-corrected chi connectivity index (χ2v) is 3.64. The van der Waals surface area contributed by atoms with Crippen LogP contribution in [0.3, 0.4) is 0 Å². The molecule has 0 aromatic rings. The van der Waals surface area contributed by atoms with Gasteiger partial charge in [0.05, 0.1) is 13.7 Å². The molecule has 1 atom stereocenters. The highest BCUT2D eigenvalue weighted by Crippen LogP contribution is 2.41. The Labute approximate surface area is 64.8 Å². The van der Waals surface area contributed by atoms with E-state index in [2.05, 4.69) is 9.26 Å². The highest BCUT2D eigenvalue weighted by atomic mass is 31.2. The smallest absolute Gasteiger partial charge is 0.339 e. The lowest BCUT2D eigenvalue weighted by Crippen LogP contribution is -2.08. The molecular formula is C5H11O5P. The Balaban J connectivity index is 3.91. The molecule has 0 aromatic carbocycles. The molecule has 0 spiro atoms. The zero-order valence-electron chi connectivity index (χ0n) is 6.44. The molecule has 0 aliphatic carbocycles. The molecule has 0 rings (SSSR count). The van der Waals surface area contributed by atoms with Gasteiger partial charge in [-0.15, -0.1) is 0 Å². The second kappa shape index (κ2) is 4.49. The van der Waals surface area contributed by atoms with Gasteiger partial charge >= 0.3 is 13.6 Å². The summed E-state index contributed by atoms with van der Waals surface area (Å²) in [5.74, 6) is -0.746. The van der Waals surface area contributed by atoms with Crippen LogP contribution >= 0.6 is 7.60 Å². The highest BCUT2D eigenvalue weighted by Gasteiger charge is 2.23.